The summed E-state index contributed by atoms with van der Waals surface area (Å²) in [5.74, 6) is 0. The molecule has 0 spiro atoms. The Morgan fingerprint density at radius 1 is 1.25 bits per heavy atom. The van der Waals surface area contributed by atoms with Gasteiger partial charge in [-0.05, 0) is 11.0 Å². The molecule has 0 bridgehead atoms. The minimum Gasteiger partial charge on any atom is -1.00 e. The van der Waals surface area contributed by atoms with Crippen LogP contribution in [0.25, 0.3) is 0 Å². The molecular weight excluding hydrogens is 90.2 g/mol. The predicted octanol–water partition coefficient (Wildman–Crippen LogP) is -3.17. The van der Waals surface area contributed by atoms with Crippen molar-refractivity contribution in [1.82, 2.24) is 0 Å². The van der Waals surface area contributed by atoms with Crippen LogP contribution >= 0.6 is 0 Å². The molecule has 0 aromatic heterocycles. The van der Waals surface area contributed by atoms with Gasteiger partial charge in [0, 0.05) is 8.41 Å². The Labute approximate surface area is 62.6 Å². The second-order valence-corrected chi connectivity index (χ2v) is 0. The van der Waals surface area contributed by atoms with Gasteiger partial charge in [0.15, 0.2) is 17.4 Å². The van der Waals surface area contributed by atoms with Crippen LogP contribution < -0.4 is 0 Å². The summed E-state index contributed by atoms with van der Waals surface area (Å²) in [6.45, 7) is 0. The number of rotatable bonds is 0. The van der Waals surface area contributed by atoms with Crippen LogP contribution in [0.4, 0.5) is 0 Å². The Bertz CT molecular complexity index is 13.5. The van der Waals surface area contributed by atoms with Gasteiger partial charge in [-0.2, -0.15) is 0 Å². The maximum atomic E-state index is 0. The summed E-state index contributed by atoms with van der Waals surface area (Å²) in [5, 5.41) is 0. The molecule has 0 aromatic carbocycles. The van der Waals surface area contributed by atoms with Crippen molar-refractivity contribution in [2.24, 2.45) is 0 Å². The molecule has 0 aromatic rings. The molecule has 0 aliphatic rings. The van der Waals surface area contributed by atoms with Gasteiger partial charge < -0.3 is 2.85 Å². The summed E-state index contributed by atoms with van der Waals surface area (Å²) >= 11 is 0. The topological polar surface area (TPSA) is 0 Å². The Hall–Kier alpha value is 1.58. The summed E-state index contributed by atoms with van der Waals surface area (Å²) in [5.41, 5.74) is 0. The van der Waals surface area contributed by atoms with Gasteiger partial charge >= 0.3 is 23.1 Å². The Morgan fingerprint density at radius 2 is 1.25 bits per heavy atom. The smallest absolute Gasteiger partial charge is 1.00 e. The van der Waals surface area contributed by atoms with Gasteiger partial charge in [-0.25, -0.2) is 0 Å². The number of hydrogen-bond donors (Lipinski definition) is 0. The summed E-state index contributed by atoms with van der Waals surface area (Å²) in [4.78, 5) is 0. The molecule has 0 saturated heterocycles. The van der Waals surface area contributed by atoms with E-state index >= 15 is 0 Å². The SMILES string of the molecule is [AlH3].[B].[H-].[H-].[Mg+2].[SiH4]. The standard InChI is InChI=1S/Al.B.Mg.H4Si.5H/h;;;1H4;;;;;/q;;+2;;;;;2*-1. The molecular formula is H9AlBMgSi. The molecule has 4 heavy (non-hydrogen) atoms. The second kappa shape index (κ2) is 23.5. The first-order valence-electron chi connectivity index (χ1n) is 0. The molecule has 3 radical (unpaired) electrons. The molecule has 0 nitrogen and oxygen atoms in total. The van der Waals surface area contributed by atoms with Crippen LogP contribution in [0.2, 0.25) is 0 Å². The molecule has 0 heterocycles. The normalized spacial score (nSPS) is 0. The zero-order chi connectivity index (χ0) is 0. The van der Waals surface area contributed by atoms with Crippen molar-refractivity contribution >= 4 is 59.8 Å². The number of hydrogen-bond acceptors (Lipinski definition) is 0. The maximum Gasteiger partial charge on any atom is 2.00 e. The van der Waals surface area contributed by atoms with Crippen LogP contribution in [-0.2, 0) is 0 Å². The fraction of sp³-hybridized carbons (Fsp3) is 0. The van der Waals surface area contributed by atoms with Crippen molar-refractivity contribution in [2.75, 3.05) is 0 Å². The second-order valence-electron chi connectivity index (χ2n) is 0. The van der Waals surface area contributed by atoms with Crippen molar-refractivity contribution in [3.8, 4) is 0 Å². The van der Waals surface area contributed by atoms with E-state index in [-0.39, 0.29) is 62.6 Å². The first-order chi connectivity index (χ1) is 0. The summed E-state index contributed by atoms with van der Waals surface area (Å²) in [6.07, 6.45) is 0. The van der Waals surface area contributed by atoms with Gasteiger partial charge in [0.2, 0.25) is 0 Å². The Balaban J connectivity index is 0. The van der Waals surface area contributed by atoms with E-state index in [1.165, 1.54) is 0 Å². The van der Waals surface area contributed by atoms with Crippen molar-refractivity contribution < 1.29 is 2.85 Å². The molecule has 0 saturated carbocycles. The molecule has 0 fully saturated rings. The molecule has 0 aliphatic carbocycles. The van der Waals surface area contributed by atoms with E-state index in [0.29, 0.717) is 0 Å². The molecule has 0 amide bonds. The van der Waals surface area contributed by atoms with E-state index in [4.69, 9.17) is 0 Å². The van der Waals surface area contributed by atoms with Crippen molar-refractivity contribution in [1.29, 1.82) is 0 Å². The monoisotopic (exact) mass is 99.0 g/mol. The summed E-state index contributed by atoms with van der Waals surface area (Å²) < 4.78 is 0. The van der Waals surface area contributed by atoms with E-state index < -0.39 is 0 Å². The molecule has 0 rings (SSSR count). The zero-order valence-corrected chi connectivity index (χ0v) is 2.70. The van der Waals surface area contributed by atoms with E-state index in [1.807, 2.05) is 0 Å². The van der Waals surface area contributed by atoms with Gasteiger partial charge in [-0.15, -0.1) is 0 Å². The van der Waals surface area contributed by atoms with E-state index in [0.717, 1.165) is 0 Å². The van der Waals surface area contributed by atoms with Gasteiger partial charge in [0.05, 0.1) is 0 Å². The van der Waals surface area contributed by atoms with E-state index in [2.05, 4.69) is 0 Å². The van der Waals surface area contributed by atoms with Gasteiger partial charge in [0.25, 0.3) is 0 Å². The molecule has 0 aliphatic heterocycles. The molecule has 0 unspecified atom stereocenters. The fourth-order valence-electron chi connectivity index (χ4n) is 0. The van der Waals surface area contributed by atoms with Crippen LogP contribution in [0.1, 0.15) is 2.85 Å². The minimum absolute atomic E-state index is 0. The molecule has 4 heteroatoms. The van der Waals surface area contributed by atoms with Crippen LogP contribution in [0.15, 0.2) is 0 Å². The summed E-state index contributed by atoms with van der Waals surface area (Å²) in [7, 11) is 0. The quantitative estimate of drug-likeness (QED) is 0.281. The van der Waals surface area contributed by atoms with Crippen LogP contribution in [0, 0.1) is 0 Å². The largest absolute Gasteiger partial charge is 2.00 e. The average Bonchev–Trinajstić information content (AvgIpc) is 0. The van der Waals surface area contributed by atoms with Crippen molar-refractivity contribution in [2.45, 2.75) is 0 Å². The third-order valence-electron chi connectivity index (χ3n) is 0. The first kappa shape index (κ1) is 46.9. The van der Waals surface area contributed by atoms with Crippen LogP contribution in [-0.4, -0.2) is 59.8 Å². The van der Waals surface area contributed by atoms with E-state index in [1.54, 1.807) is 0 Å². The Kier molecular flexibility index (Phi) is 275. The van der Waals surface area contributed by atoms with Crippen molar-refractivity contribution in [3.05, 3.63) is 0 Å². The van der Waals surface area contributed by atoms with Crippen LogP contribution in [0.5, 0.6) is 0 Å². The average molecular weight is 99.3 g/mol. The molecule has 0 atom stereocenters. The summed E-state index contributed by atoms with van der Waals surface area (Å²) in [6, 6.07) is 0. The zero-order valence-electron chi connectivity index (χ0n) is 3.28. The van der Waals surface area contributed by atoms with Gasteiger partial charge in [-0.1, -0.05) is 0 Å². The fourth-order valence-corrected chi connectivity index (χ4v) is 0. The Morgan fingerprint density at radius 3 is 1.25 bits per heavy atom. The maximum absolute atomic E-state index is 0. The molecule has 0 N–H and O–H groups in total. The van der Waals surface area contributed by atoms with Gasteiger partial charge in [-0.3, -0.25) is 0 Å². The first-order valence-corrected chi connectivity index (χ1v) is 0. The van der Waals surface area contributed by atoms with Crippen molar-refractivity contribution in [3.63, 3.8) is 0 Å². The third-order valence-corrected chi connectivity index (χ3v) is 0. The van der Waals surface area contributed by atoms with Gasteiger partial charge in [0.1, 0.15) is 0 Å². The van der Waals surface area contributed by atoms with Crippen LogP contribution in [0.3, 0.4) is 0 Å². The third kappa shape index (κ3) is 9.54. The predicted molar refractivity (Wildman–Crippen MR) is 35.0 cm³/mol. The molecule has 21 valence electrons. The van der Waals surface area contributed by atoms with E-state index in [9.17, 15) is 0 Å². The minimum atomic E-state index is 0.